The minimum absolute atomic E-state index is 0.0599. The van der Waals surface area contributed by atoms with Gasteiger partial charge in [0.05, 0.1) is 15.9 Å². The summed E-state index contributed by atoms with van der Waals surface area (Å²) in [5.74, 6) is 0. The predicted octanol–water partition coefficient (Wildman–Crippen LogP) is 4.16. The monoisotopic (exact) mass is 389 g/mol. The summed E-state index contributed by atoms with van der Waals surface area (Å²) in [5.41, 5.74) is 6.51. The highest BCUT2D eigenvalue weighted by Crippen LogP contribution is 2.28. The van der Waals surface area contributed by atoms with E-state index in [-0.39, 0.29) is 16.5 Å². The van der Waals surface area contributed by atoms with E-state index in [2.05, 4.69) is 23.1 Å². The number of thiocarbonyl (C=S) groups is 1. The molecule has 9 nitrogen and oxygen atoms in total. The molecule has 0 aliphatic carbocycles. The second-order valence-corrected chi connectivity index (χ2v) is 6.13. The fourth-order valence-electron chi connectivity index (χ4n) is 2.31. The molecule has 0 saturated carbocycles. The molecule has 0 atom stereocenters. The topological polar surface area (TPSA) is 122 Å². The molecule has 0 bridgehead atoms. The van der Waals surface area contributed by atoms with Crippen LogP contribution in [0.25, 0.3) is 0 Å². The minimum Gasteiger partial charge on any atom is -0.331 e. The van der Waals surface area contributed by atoms with Gasteiger partial charge in [-0.25, -0.2) is 0 Å². The van der Waals surface area contributed by atoms with Crippen LogP contribution in [0.4, 0.5) is 22.7 Å². The zero-order valence-corrected chi connectivity index (χ0v) is 15.4. The maximum absolute atomic E-state index is 11.1. The molecular formula is C17H19N5O4S. The normalized spacial score (nSPS) is 10.1. The van der Waals surface area contributed by atoms with Crippen LogP contribution < -0.4 is 16.2 Å². The minimum atomic E-state index is -0.706. The van der Waals surface area contributed by atoms with Gasteiger partial charge in [0.25, 0.3) is 5.69 Å². The van der Waals surface area contributed by atoms with Gasteiger partial charge in [0, 0.05) is 11.8 Å². The molecule has 0 fully saturated rings. The zero-order valence-electron chi connectivity index (χ0n) is 14.6. The van der Waals surface area contributed by atoms with Crippen molar-refractivity contribution in [2.24, 2.45) is 0 Å². The average Bonchev–Trinajstić information content (AvgIpc) is 2.65. The number of hydrogen-bond donors (Lipinski definition) is 3. The molecule has 3 N–H and O–H groups in total. The van der Waals surface area contributed by atoms with Gasteiger partial charge in [0.15, 0.2) is 5.11 Å². The van der Waals surface area contributed by atoms with Crippen LogP contribution in [0.15, 0.2) is 42.5 Å². The Morgan fingerprint density at radius 1 is 1.07 bits per heavy atom. The second kappa shape index (κ2) is 9.43. The average molecular weight is 389 g/mol. The fraction of sp³-hybridized carbons (Fsp3) is 0.235. The van der Waals surface area contributed by atoms with E-state index in [1.54, 1.807) is 0 Å². The molecule has 2 aromatic carbocycles. The Morgan fingerprint density at radius 2 is 1.78 bits per heavy atom. The van der Waals surface area contributed by atoms with Crippen LogP contribution in [-0.2, 0) is 6.42 Å². The summed E-state index contributed by atoms with van der Waals surface area (Å²) in [5, 5.41) is 25.0. The summed E-state index contributed by atoms with van der Waals surface area (Å²) >= 11 is 5.15. The van der Waals surface area contributed by atoms with Gasteiger partial charge in [-0.15, -0.1) is 0 Å². The summed E-state index contributed by atoms with van der Waals surface area (Å²) in [4.78, 5) is 20.5. The number of nitro groups is 2. The van der Waals surface area contributed by atoms with Gasteiger partial charge in [-0.2, -0.15) is 0 Å². The molecule has 0 aliphatic rings. The molecule has 0 saturated heterocycles. The van der Waals surface area contributed by atoms with Gasteiger partial charge in [-0.3, -0.25) is 31.1 Å². The van der Waals surface area contributed by atoms with Crippen LogP contribution >= 0.6 is 12.2 Å². The molecule has 0 amide bonds. The van der Waals surface area contributed by atoms with Crippen molar-refractivity contribution >= 4 is 40.1 Å². The van der Waals surface area contributed by atoms with Gasteiger partial charge in [0.2, 0.25) is 0 Å². The van der Waals surface area contributed by atoms with Crippen LogP contribution in [-0.4, -0.2) is 15.0 Å². The van der Waals surface area contributed by atoms with Crippen LogP contribution in [0, 0.1) is 20.2 Å². The second-order valence-electron chi connectivity index (χ2n) is 5.72. The number of non-ortho nitro benzene ring substituents is 1. The Bertz CT molecular complexity index is 842. The smallest absolute Gasteiger partial charge is 0.300 e. The lowest BCUT2D eigenvalue weighted by Gasteiger charge is -2.13. The molecule has 0 aromatic heterocycles. The lowest BCUT2D eigenvalue weighted by atomic mass is 10.1. The molecule has 0 heterocycles. The van der Waals surface area contributed by atoms with Crippen molar-refractivity contribution in [3.8, 4) is 0 Å². The number of hydrazine groups is 1. The highest BCUT2D eigenvalue weighted by molar-refractivity contribution is 7.80. The molecule has 142 valence electrons. The number of nitrogens with zero attached hydrogens (tertiary/aromatic N) is 2. The van der Waals surface area contributed by atoms with Gasteiger partial charge >= 0.3 is 5.69 Å². The van der Waals surface area contributed by atoms with Crippen molar-refractivity contribution in [2.75, 3.05) is 10.7 Å². The third-order valence-corrected chi connectivity index (χ3v) is 3.93. The molecule has 10 heteroatoms. The zero-order chi connectivity index (χ0) is 19.8. The third kappa shape index (κ3) is 5.89. The summed E-state index contributed by atoms with van der Waals surface area (Å²) in [6.07, 6.45) is 3.28. The Balaban J connectivity index is 1.97. The molecule has 0 aliphatic heterocycles. The van der Waals surface area contributed by atoms with Gasteiger partial charge in [0.1, 0.15) is 5.69 Å². The lowest BCUT2D eigenvalue weighted by Crippen LogP contribution is -2.33. The molecule has 0 spiro atoms. The number of aryl methyl sites for hydroxylation is 1. The van der Waals surface area contributed by atoms with E-state index in [0.717, 1.165) is 31.0 Å². The van der Waals surface area contributed by atoms with Gasteiger partial charge in [-0.1, -0.05) is 25.5 Å². The van der Waals surface area contributed by atoms with E-state index in [9.17, 15) is 20.2 Å². The molecule has 2 aromatic rings. The van der Waals surface area contributed by atoms with E-state index >= 15 is 0 Å². The first kappa shape index (κ1) is 20.0. The number of benzene rings is 2. The van der Waals surface area contributed by atoms with Crippen LogP contribution in [0.2, 0.25) is 0 Å². The maximum Gasteiger partial charge on any atom is 0.300 e. The number of hydrogen-bond acceptors (Lipinski definition) is 6. The van der Waals surface area contributed by atoms with Crippen LogP contribution in [0.1, 0.15) is 25.3 Å². The van der Waals surface area contributed by atoms with E-state index in [4.69, 9.17) is 12.2 Å². The maximum atomic E-state index is 11.1. The summed E-state index contributed by atoms with van der Waals surface area (Å²) in [7, 11) is 0. The van der Waals surface area contributed by atoms with Crippen LogP contribution in [0.5, 0.6) is 0 Å². The van der Waals surface area contributed by atoms with E-state index < -0.39 is 15.5 Å². The van der Waals surface area contributed by atoms with Crippen molar-refractivity contribution < 1.29 is 9.85 Å². The third-order valence-electron chi connectivity index (χ3n) is 3.73. The Labute approximate surface area is 161 Å². The Hall–Kier alpha value is -3.27. The Morgan fingerprint density at radius 3 is 2.37 bits per heavy atom. The SMILES string of the molecule is CCCCc1ccc(NC(=S)NNc2ccc([N+](=O)[O-])cc2[N+](=O)[O-])cc1. The first-order chi connectivity index (χ1) is 12.9. The van der Waals surface area contributed by atoms with Gasteiger partial charge in [-0.05, 0) is 48.8 Å². The highest BCUT2D eigenvalue weighted by atomic mass is 32.1. The summed E-state index contributed by atoms with van der Waals surface area (Å²) < 4.78 is 0. The number of nitro benzene ring substituents is 2. The molecule has 0 radical (unpaired) electrons. The van der Waals surface area contributed by atoms with Gasteiger partial charge < -0.3 is 5.32 Å². The van der Waals surface area contributed by atoms with Crippen molar-refractivity contribution in [3.05, 3.63) is 68.3 Å². The standard InChI is InChI=1S/C17H19N5O4S/c1-2-3-4-12-5-7-13(8-6-12)18-17(27)20-19-15-10-9-14(21(23)24)11-16(15)22(25)26/h5-11,19H,2-4H2,1H3,(H2,18,20,27). The molecule has 27 heavy (non-hydrogen) atoms. The highest BCUT2D eigenvalue weighted by Gasteiger charge is 2.19. The van der Waals surface area contributed by atoms with Crippen molar-refractivity contribution in [1.82, 2.24) is 5.43 Å². The van der Waals surface area contributed by atoms with Crippen molar-refractivity contribution in [1.29, 1.82) is 0 Å². The summed E-state index contributed by atoms with van der Waals surface area (Å²) in [6.45, 7) is 2.14. The fourth-order valence-corrected chi connectivity index (χ4v) is 2.48. The predicted molar refractivity (Wildman–Crippen MR) is 108 cm³/mol. The van der Waals surface area contributed by atoms with Crippen molar-refractivity contribution in [3.63, 3.8) is 0 Å². The molecule has 2 rings (SSSR count). The number of anilines is 2. The molecular weight excluding hydrogens is 370 g/mol. The number of rotatable bonds is 8. The first-order valence-electron chi connectivity index (χ1n) is 8.25. The molecule has 0 unspecified atom stereocenters. The quantitative estimate of drug-likeness (QED) is 0.349. The lowest BCUT2D eigenvalue weighted by molar-refractivity contribution is -0.393. The van der Waals surface area contributed by atoms with E-state index in [1.165, 1.54) is 17.7 Å². The van der Waals surface area contributed by atoms with Crippen LogP contribution in [0.3, 0.4) is 0 Å². The first-order valence-corrected chi connectivity index (χ1v) is 8.66. The summed E-state index contributed by atoms with van der Waals surface area (Å²) in [6, 6.07) is 11.1. The Kier molecular flexibility index (Phi) is 7.00. The van der Waals surface area contributed by atoms with Crippen molar-refractivity contribution in [2.45, 2.75) is 26.2 Å². The van der Waals surface area contributed by atoms with E-state index in [1.807, 2.05) is 24.3 Å². The van der Waals surface area contributed by atoms with E-state index in [0.29, 0.717) is 0 Å². The number of unbranched alkanes of at least 4 members (excludes halogenated alkanes) is 1. The number of nitrogens with one attached hydrogen (secondary N) is 3. The largest absolute Gasteiger partial charge is 0.331 e.